The van der Waals surface area contributed by atoms with Gasteiger partial charge >= 0.3 is 0 Å². The van der Waals surface area contributed by atoms with Gasteiger partial charge in [0.25, 0.3) is 0 Å². The summed E-state index contributed by atoms with van der Waals surface area (Å²) in [5.74, 6) is 0. The fraction of sp³-hybridized carbons (Fsp3) is 0.278. The molecule has 0 spiro atoms. The number of benzene rings is 2. The largest absolute Gasteiger partial charge is 0.277 e. The minimum absolute atomic E-state index is 0.244. The van der Waals surface area contributed by atoms with Gasteiger partial charge in [-0.3, -0.25) is 4.90 Å². The average Bonchev–Trinajstić information content (AvgIpc) is 3.30. The van der Waals surface area contributed by atoms with Gasteiger partial charge in [0.2, 0.25) is 0 Å². The van der Waals surface area contributed by atoms with Crippen LogP contribution >= 0.6 is 0 Å². The van der Waals surface area contributed by atoms with E-state index in [1.54, 1.807) is 0 Å². The van der Waals surface area contributed by atoms with Crippen LogP contribution < -0.4 is 0 Å². The Kier molecular flexibility index (Phi) is 3.54. The third-order valence-electron chi connectivity index (χ3n) is 3.97. The summed E-state index contributed by atoms with van der Waals surface area (Å²) in [6.07, 6.45) is 1.98. The molecule has 0 bridgehead atoms. The van der Waals surface area contributed by atoms with Crippen molar-refractivity contribution >= 4 is 0 Å². The van der Waals surface area contributed by atoms with E-state index < -0.39 is 0 Å². The lowest BCUT2D eigenvalue weighted by Gasteiger charge is -2.27. The van der Waals surface area contributed by atoms with Gasteiger partial charge in [-0.15, -0.1) is 0 Å². The first-order valence-corrected chi connectivity index (χ1v) is 7.07. The van der Waals surface area contributed by atoms with Gasteiger partial charge in [-0.05, 0) is 24.0 Å². The molecule has 0 saturated heterocycles. The quantitative estimate of drug-likeness (QED) is 0.820. The molecule has 2 aromatic rings. The van der Waals surface area contributed by atoms with Crippen LogP contribution in [0, 0.1) is 11.3 Å². The zero-order valence-corrected chi connectivity index (χ0v) is 11.5. The Hall–Kier alpha value is -2.11. The maximum atomic E-state index is 9.49. The Balaban J connectivity index is 1.80. The molecule has 0 heterocycles. The maximum Gasteiger partial charge on any atom is 0.110 e. The highest BCUT2D eigenvalue weighted by molar-refractivity contribution is 5.24. The highest BCUT2D eigenvalue weighted by atomic mass is 15.2. The fourth-order valence-corrected chi connectivity index (χ4v) is 2.58. The summed E-state index contributed by atoms with van der Waals surface area (Å²) in [4.78, 5) is 2.32. The van der Waals surface area contributed by atoms with E-state index in [4.69, 9.17) is 0 Å². The van der Waals surface area contributed by atoms with Crippen molar-refractivity contribution in [2.45, 2.75) is 31.5 Å². The summed E-state index contributed by atoms with van der Waals surface area (Å²) in [5.41, 5.74) is 2.29. The van der Waals surface area contributed by atoms with E-state index in [2.05, 4.69) is 59.5 Å². The Morgan fingerprint density at radius 3 is 1.65 bits per heavy atom. The van der Waals surface area contributed by atoms with Crippen molar-refractivity contribution in [1.82, 2.24) is 4.90 Å². The van der Waals surface area contributed by atoms with E-state index >= 15 is 0 Å². The monoisotopic (exact) mass is 262 g/mol. The summed E-state index contributed by atoms with van der Waals surface area (Å²) in [7, 11) is 0. The molecule has 0 N–H and O–H groups in total. The van der Waals surface area contributed by atoms with Gasteiger partial charge in [0.15, 0.2) is 0 Å². The summed E-state index contributed by atoms with van der Waals surface area (Å²) >= 11 is 0. The topological polar surface area (TPSA) is 27.0 Å². The molecule has 1 saturated carbocycles. The van der Waals surface area contributed by atoms with Crippen molar-refractivity contribution in [3.8, 4) is 6.07 Å². The van der Waals surface area contributed by atoms with Crippen molar-refractivity contribution in [3.05, 3.63) is 71.8 Å². The molecule has 0 aliphatic heterocycles. The van der Waals surface area contributed by atoms with Gasteiger partial charge in [0.1, 0.15) is 5.54 Å². The van der Waals surface area contributed by atoms with Gasteiger partial charge in [-0.25, -0.2) is 0 Å². The van der Waals surface area contributed by atoms with Crippen LogP contribution in [-0.2, 0) is 13.1 Å². The molecule has 1 aliphatic carbocycles. The second kappa shape index (κ2) is 5.48. The second-order valence-electron chi connectivity index (χ2n) is 5.47. The van der Waals surface area contributed by atoms with Gasteiger partial charge in [-0.1, -0.05) is 60.7 Å². The summed E-state index contributed by atoms with van der Waals surface area (Å²) in [6, 6.07) is 23.3. The molecular formula is C18H18N2. The van der Waals surface area contributed by atoms with Gasteiger partial charge in [0.05, 0.1) is 6.07 Å². The molecule has 0 unspecified atom stereocenters. The lowest BCUT2D eigenvalue weighted by molar-refractivity contribution is 0.199. The van der Waals surface area contributed by atoms with Gasteiger partial charge in [0, 0.05) is 13.1 Å². The Bertz CT molecular complexity index is 553. The van der Waals surface area contributed by atoms with Crippen molar-refractivity contribution in [1.29, 1.82) is 5.26 Å². The molecule has 2 heteroatoms. The molecule has 0 amide bonds. The molecular weight excluding hydrogens is 244 g/mol. The van der Waals surface area contributed by atoms with Crippen LogP contribution in [-0.4, -0.2) is 10.4 Å². The zero-order valence-electron chi connectivity index (χ0n) is 11.5. The molecule has 100 valence electrons. The third kappa shape index (κ3) is 2.74. The van der Waals surface area contributed by atoms with Crippen molar-refractivity contribution in [2.75, 3.05) is 0 Å². The second-order valence-corrected chi connectivity index (χ2v) is 5.47. The lowest BCUT2D eigenvalue weighted by atomic mass is 10.1. The Morgan fingerprint density at radius 2 is 1.30 bits per heavy atom. The smallest absolute Gasteiger partial charge is 0.110 e. The summed E-state index contributed by atoms with van der Waals surface area (Å²) in [5, 5.41) is 9.49. The van der Waals surface area contributed by atoms with Crippen LogP contribution in [0.25, 0.3) is 0 Å². The lowest BCUT2D eigenvalue weighted by Crippen LogP contribution is -2.35. The van der Waals surface area contributed by atoms with E-state index in [-0.39, 0.29) is 5.54 Å². The molecule has 1 aliphatic rings. The average molecular weight is 262 g/mol. The molecule has 0 radical (unpaired) electrons. The van der Waals surface area contributed by atoms with Crippen LogP contribution in [0.4, 0.5) is 0 Å². The molecule has 1 fully saturated rings. The summed E-state index contributed by atoms with van der Waals surface area (Å²) < 4.78 is 0. The number of nitrogens with zero attached hydrogens (tertiary/aromatic N) is 2. The first-order valence-electron chi connectivity index (χ1n) is 7.07. The number of hydrogen-bond donors (Lipinski definition) is 0. The van der Waals surface area contributed by atoms with Crippen LogP contribution in [0.15, 0.2) is 60.7 Å². The Morgan fingerprint density at radius 1 is 0.850 bits per heavy atom. The standard InChI is InChI=1S/C18H18N2/c19-15-18(11-12-18)20(13-16-7-3-1-4-8-16)14-17-9-5-2-6-10-17/h1-10H,11-14H2. The minimum Gasteiger partial charge on any atom is -0.277 e. The molecule has 0 atom stereocenters. The first kappa shape index (κ1) is 12.9. The fourth-order valence-electron chi connectivity index (χ4n) is 2.58. The van der Waals surface area contributed by atoms with Crippen molar-refractivity contribution in [2.24, 2.45) is 0 Å². The van der Waals surface area contributed by atoms with E-state index in [0.717, 1.165) is 25.9 Å². The number of hydrogen-bond acceptors (Lipinski definition) is 2. The minimum atomic E-state index is -0.244. The number of nitriles is 1. The highest BCUT2D eigenvalue weighted by Gasteiger charge is 2.48. The predicted molar refractivity (Wildman–Crippen MR) is 79.7 cm³/mol. The summed E-state index contributed by atoms with van der Waals surface area (Å²) in [6.45, 7) is 1.67. The molecule has 20 heavy (non-hydrogen) atoms. The predicted octanol–water partition coefficient (Wildman–Crippen LogP) is 3.74. The van der Waals surface area contributed by atoms with E-state index in [1.165, 1.54) is 11.1 Å². The van der Waals surface area contributed by atoms with Gasteiger partial charge in [-0.2, -0.15) is 5.26 Å². The normalized spacial score (nSPS) is 15.8. The zero-order chi connectivity index (χ0) is 13.8. The molecule has 0 aromatic heterocycles. The molecule has 2 nitrogen and oxygen atoms in total. The number of rotatable bonds is 5. The van der Waals surface area contributed by atoms with Crippen LogP contribution in [0.3, 0.4) is 0 Å². The van der Waals surface area contributed by atoms with E-state index in [9.17, 15) is 5.26 Å². The van der Waals surface area contributed by atoms with Crippen molar-refractivity contribution < 1.29 is 0 Å². The van der Waals surface area contributed by atoms with E-state index in [1.807, 2.05) is 12.1 Å². The maximum absolute atomic E-state index is 9.49. The third-order valence-corrected chi connectivity index (χ3v) is 3.97. The molecule has 2 aromatic carbocycles. The molecule has 3 rings (SSSR count). The van der Waals surface area contributed by atoms with Crippen LogP contribution in [0.2, 0.25) is 0 Å². The van der Waals surface area contributed by atoms with Crippen molar-refractivity contribution in [3.63, 3.8) is 0 Å². The van der Waals surface area contributed by atoms with E-state index in [0.29, 0.717) is 0 Å². The highest BCUT2D eigenvalue weighted by Crippen LogP contribution is 2.42. The SMILES string of the molecule is N#CC1(N(Cc2ccccc2)Cc2ccccc2)CC1. The van der Waals surface area contributed by atoms with Crippen LogP contribution in [0.1, 0.15) is 24.0 Å². The first-order chi connectivity index (χ1) is 9.82. The Labute approximate surface area is 120 Å². The van der Waals surface area contributed by atoms with Gasteiger partial charge < -0.3 is 0 Å². The van der Waals surface area contributed by atoms with Crippen LogP contribution in [0.5, 0.6) is 0 Å².